The molecule has 3 heterocycles. The summed E-state index contributed by atoms with van der Waals surface area (Å²) in [5.74, 6) is -0.158. The van der Waals surface area contributed by atoms with Crippen LogP contribution in [0, 0.1) is 11.3 Å². The number of phenols is 1. The van der Waals surface area contributed by atoms with E-state index >= 15 is 0 Å². The van der Waals surface area contributed by atoms with Gasteiger partial charge in [-0.05, 0) is 24.6 Å². The summed E-state index contributed by atoms with van der Waals surface area (Å²) < 4.78 is 1.36. The fourth-order valence-electron chi connectivity index (χ4n) is 3.16. The summed E-state index contributed by atoms with van der Waals surface area (Å²) in [6.07, 6.45) is 3.39. The minimum absolute atomic E-state index is 0.139. The Morgan fingerprint density at radius 3 is 2.90 bits per heavy atom. The van der Waals surface area contributed by atoms with Gasteiger partial charge in [-0.3, -0.25) is 9.59 Å². The van der Waals surface area contributed by atoms with Crippen molar-refractivity contribution in [3.63, 3.8) is 0 Å². The molecule has 1 aromatic carbocycles. The Bertz CT molecular complexity index is 1260. The smallest absolute Gasteiger partial charge is 0.224 e. The van der Waals surface area contributed by atoms with Crippen LogP contribution in [-0.2, 0) is 16.0 Å². The largest absolute Gasteiger partial charge is 0.505 e. The standard InChI is InChI=1S/C20H16N8O3/c1-11(29)24-15-8-14(18-13(19(15)31)5-6-17(30)25-18)26-27-20-12(9-21)10-23-28(20)16-4-2-3-7-22-16/h2-4,7-8,10,31H,5-6H2,1H3,(H,24,29)(H,25,30). The van der Waals surface area contributed by atoms with Crippen LogP contribution in [0.15, 0.2) is 46.9 Å². The number of nitriles is 1. The molecule has 4 rings (SSSR count). The summed E-state index contributed by atoms with van der Waals surface area (Å²) >= 11 is 0. The number of nitrogens with one attached hydrogen (secondary N) is 2. The van der Waals surface area contributed by atoms with Crippen molar-refractivity contribution in [1.82, 2.24) is 14.8 Å². The Morgan fingerprint density at radius 1 is 1.35 bits per heavy atom. The predicted molar refractivity (Wildman–Crippen MR) is 110 cm³/mol. The molecule has 0 radical (unpaired) electrons. The van der Waals surface area contributed by atoms with Crippen LogP contribution in [-0.4, -0.2) is 31.7 Å². The minimum atomic E-state index is -0.377. The van der Waals surface area contributed by atoms with Gasteiger partial charge in [0, 0.05) is 25.1 Å². The lowest BCUT2D eigenvalue weighted by Crippen LogP contribution is -2.19. The van der Waals surface area contributed by atoms with Gasteiger partial charge in [-0.1, -0.05) is 6.07 Å². The van der Waals surface area contributed by atoms with E-state index in [4.69, 9.17) is 0 Å². The van der Waals surface area contributed by atoms with E-state index in [1.807, 2.05) is 6.07 Å². The first-order valence-corrected chi connectivity index (χ1v) is 9.25. The lowest BCUT2D eigenvalue weighted by atomic mass is 9.99. The summed E-state index contributed by atoms with van der Waals surface area (Å²) in [7, 11) is 0. The Hall–Kier alpha value is -4.59. The van der Waals surface area contributed by atoms with Crippen LogP contribution in [0.2, 0.25) is 0 Å². The Balaban J connectivity index is 1.83. The highest BCUT2D eigenvalue weighted by Gasteiger charge is 2.24. The molecule has 0 atom stereocenters. The number of phenolic OH excluding ortho intramolecular Hbond substituents is 1. The van der Waals surface area contributed by atoms with Crippen molar-refractivity contribution in [3.8, 4) is 17.6 Å². The van der Waals surface area contributed by atoms with Crippen molar-refractivity contribution in [2.24, 2.45) is 10.2 Å². The second kappa shape index (κ2) is 8.03. The van der Waals surface area contributed by atoms with Crippen molar-refractivity contribution < 1.29 is 14.7 Å². The fourth-order valence-corrected chi connectivity index (χ4v) is 3.16. The van der Waals surface area contributed by atoms with Gasteiger partial charge in [0.05, 0.1) is 17.6 Å². The fraction of sp³-hybridized carbons (Fsp3) is 0.150. The number of rotatable bonds is 4. The van der Waals surface area contributed by atoms with E-state index in [-0.39, 0.29) is 53.2 Å². The van der Waals surface area contributed by atoms with Crippen LogP contribution in [0.1, 0.15) is 24.5 Å². The van der Waals surface area contributed by atoms with Crippen LogP contribution in [0.4, 0.5) is 22.9 Å². The first-order valence-electron chi connectivity index (χ1n) is 9.25. The number of anilines is 2. The molecule has 3 N–H and O–H groups in total. The number of fused-ring (bicyclic) bond motifs is 1. The van der Waals surface area contributed by atoms with Gasteiger partial charge in [-0.25, -0.2) is 4.98 Å². The zero-order valence-electron chi connectivity index (χ0n) is 16.3. The van der Waals surface area contributed by atoms with Crippen molar-refractivity contribution in [3.05, 3.63) is 47.8 Å². The number of azo groups is 1. The predicted octanol–water partition coefficient (Wildman–Crippen LogP) is 3.10. The zero-order chi connectivity index (χ0) is 22.0. The van der Waals surface area contributed by atoms with Crippen molar-refractivity contribution >= 4 is 34.7 Å². The van der Waals surface area contributed by atoms with Crippen LogP contribution in [0.3, 0.4) is 0 Å². The average molecular weight is 416 g/mol. The van der Waals surface area contributed by atoms with Gasteiger partial charge in [0.25, 0.3) is 0 Å². The third-order valence-electron chi connectivity index (χ3n) is 4.54. The average Bonchev–Trinajstić information content (AvgIpc) is 3.18. The lowest BCUT2D eigenvalue weighted by molar-refractivity contribution is -0.116. The molecule has 11 nitrogen and oxygen atoms in total. The Morgan fingerprint density at radius 2 is 2.19 bits per heavy atom. The number of amides is 2. The number of carbonyl (C=O) groups is 2. The summed E-state index contributed by atoms with van der Waals surface area (Å²) in [6, 6.07) is 8.62. The van der Waals surface area contributed by atoms with E-state index in [0.717, 1.165) is 0 Å². The first kappa shape index (κ1) is 19.7. The van der Waals surface area contributed by atoms with Crippen LogP contribution >= 0.6 is 0 Å². The third kappa shape index (κ3) is 3.82. The van der Waals surface area contributed by atoms with Gasteiger partial charge in [0.1, 0.15) is 23.1 Å². The van der Waals surface area contributed by atoms with Gasteiger partial charge in [0.2, 0.25) is 11.8 Å². The molecular formula is C20H16N8O3. The molecule has 11 heteroatoms. The summed E-state index contributed by atoms with van der Waals surface area (Å²) in [4.78, 5) is 27.7. The van der Waals surface area contributed by atoms with E-state index < -0.39 is 0 Å². The lowest BCUT2D eigenvalue weighted by Gasteiger charge is -2.21. The molecule has 0 spiro atoms. The van der Waals surface area contributed by atoms with Crippen LogP contribution < -0.4 is 10.6 Å². The highest BCUT2D eigenvalue weighted by Crippen LogP contribution is 2.44. The van der Waals surface area contributed by atoms with Gasteiger partial charge < -0.3 is 15.7 Å². The Labute approximate surface area is 176 Å². The molecule has 0 saturated heterocycles. The van der Waals surface area contributed by atoms with E-state index in [2.05, 4.69) is 30.9 Å². The normalized spacial score (nSPS) is 12.8. The van der Waals surface area contributed by atoms with Gasteiger partial charge in [0.15, 0.2) is 11.6 Å². The monoisotopic (exact) mass is 416 g/mol. The summed E-state index contributed by atoms with van der Waals surface area (Å²) in [6.45, 7) is 1.31. The number of aromatic nitrogens is 3. The minimum Gasteiger partial charge on any atom is -0.505 e. The number of nitrogens with zero attached hydrogens (tertiary/aromatic N) is 6. The summed E-state index contributed by atoms with van der Waals surface area (Å²) in [5.41, 5.74) is 1.28. The van der Waals surface area contributed by atoms with Crippen molar-refractivity contribution in [2.45, 2.75) is 19.8 Å². The first-order chi connectivity index (χ1) is 15.0. The number of carbonyl (C=O) groups excluding carboxylic acids is 2. The van der Waals surface area contributed by atoms with Crippen molar-refractivity contribution in [1.29, 1.82) is 5.26 Å². The van der Waals surface area contributed by atoms with E-state index in [1.165, 1.54) is 23.9 Å². The third-order valence-corrected chi connectivity index (χ3v) is 4.54. The molecule has 2 aromatic heterocycles. The molecule has 1 aliphatic rings. The molecule has 0 saturated carbocycles. The number of benzene rings is 1. The summed E-state index contributed by atoms with van der Waals surface area (Å²) in [5, 5.41) is 37.7. The number of aromatic hydroxyl groups is 1. The molecule has 0 aliphatic carbocycles. The highest BCUT2D eigenvalue weighted by molar-refractivity contribution is 6.01. The van der Waals surface area contributed by atoms with Crippen LogP contribution in [0.5, 0.6) is 5.75 Å². The maximum Gasteiger partial charge on any atom is 0.224 e. The highest BCUT2D eigenvalue weighted by atomic mass is 16.3. The molecule has 3 aromatic rings. The molecular weight excluding hydrogens is 400 g/mol. The zero-order valence-corrected chi connectivity index (χ0v) is 16.3. The second-order valence-electron chi connectivity index (χ2n) is 6.67. The molecule has 0 fully saturated rings. The van der Waals surface area contributed by atoms with Gasteiger partial charge >= 0.3 is 0 Å². The van der Waals surface area contributed by atoms with E-state index in [9.17, 15) is 20.0 Å². The molecule has 154 valence electrons. The molecule has 2 amide bonds. The topological polar surface area (TPSA) is 158 Å². The molecule has 0 bridgehead atoms. The maximum atomic E-state index is 11.9. The van der Waals surface area contributed by atoms with Gasteiger partial charge in [-0.2, -0.15) is 15.0 Å². The maximum absolute atomic E-state index is 11.9. The number of hydrogen-bond donors (Lipinski definition) is 3. The van der Waals surface area contributed by atoms with Crippen molar-refractivity contribution in [2.75, 3.05) is 10.6 Å². The van der Waals surface area contributed by atoms with E-state index in [1.54, 1.807) is 24.4 Å². The SMILES string of the molecule is CC(=O)Nc1cc(N=Nc2c(C#N)cnn2-c2ccccn2)c2c(c1O)CCC(=O)N2. The number of hydrogen-bond acceptors (Lipinski definition) is 8. The molecule has 1 aliphatic heterocycles. The molecule has 31 heavy (non-hydrogen) atoms. The van der Waals surface area contributed by atoms with Crippen LogP contribution in [0.25, 0.3) is 5.82 Å². The molecule has 0 unspecified atom stereocenters. The number of pyridine rings is 1. The second-order valence-corrected chi connectivity index (χ2v) is 6.67. The van der Waals surface area contributed by atoms with E-state index in [0.29, 0.717) is 17.1 Å². The Kier molecular flexibility index (Phi) is 5.11. The quantitative estimate of drug-likeness (QED) is 0.438. The van der Waals surface area contributed by atoms with Gasteiger partial charge in [-0.15, -0.1) is 10.2 Å².